The van der Waals surface area contributed by atoms with Crippen LogP contribution in [0.25, 0.3) is 0 Å². The fraction of sp³-hybridized carbons (Fsp3) is 1.00. The van der Waals surface area contributed by atoms with E-state index in [-0.39, 0.29) is 5.72 Å². The SMILES string of the molecule is CC(C)C1NC2(CCOCC2)OCC12CCC2. The summed E-state index contributed by atoms with van der Waals surface area (Å²) in [5, 5.41) is 3.86. The first-order chi connectivity index (χ1) is 8.16. The maximum atomic E-state index is 6.25. The Labute approximate surface area is 104 Å². The van der Waals surface area contributed by atoms with Gasteiger partial charge in [0.2, 0.25) is 0 Å². The molecule has 1 aliphatic carbocycles. The quantitative estimate of drug-likeness (QED) is 0.761. The number of rotatable bonds is 1. The average Bonchev–Trinajstić information content (AvgIpc) is 2.28. The first-order valence-electron chi connectivity index (χ1n) is 7.15. The minimum absolute atomic E-state index is 0.0754. The molecule has 1 saturated carbocycles. The van der Waals surface area contributed by atoms with Gasteiger partial charge in [-0.05, 0) is 18.8 Å². The van der Waals surface area contributed by atoms with E-state index < -0.39 is 0 Å². The summed E-state index contributed by atoms with van der Waals surface area (Å²) in [6.45, 7) is 7.32. The van der Waals surface area contributed by atoms with Crippen LogP contribution in [0.15, 0.2) is 0 Å². The lowest BCUT2D eigenvalue weighted by Gasteiger charge is -2.58. The van der Waals surface area contributed by atoms with Gasteiger partial charge in [0.05, 0.1) is 19.8 Å². The van der Waals surface area contributed by atoms with E-state index in [1.54, 1.807) is 0 Å². The second kappa shape index (κ2) is 4.22. The molecule has 0 amide bonds. The molecule has 3 fully saturated rings. The van der Waals surface area contributed by atoms with Gasteiger partial charge in [0, 0.05) is 24.3 Å². The summed E-state index contributed by atoms with van der Waals surface area (Å²) < 4.78 is 11.7. The maximum absolute atomic E-state index is 6.25. The Bertz CT molecular complexity index is 280. The van der Waals surface area contributed by atoms with Crippen molar-refractivity contribution in [1.82, 2.24) is 5.32 Å². The van der Waals surface area contributed by atoms with Crippen molar-refractivity contribution in [2.24, 2.45) is 11.3 Å². The van der Waals surface area contributed by atoms with E-state index >= 15 is 0 Å². The third-order valence-corrected chi connectivity index (χ3v) is 5.03. The predicted molar refractivity (Wildman–Crippen MR) is 66.8 cm³/mol. The summed E-state index contributed by atoms with van der Waals surface area (Å²) >= 11 is 0. The lowest BCUT2D eigenvalue weighted by atomic mass is 9.60. The zero-order valence-corrected chi connectivity index (χ0v) is 11.1. The molecule has 0 radical (unpaired) electrons. The van der Waals surface area contributed by atoms with Crippen molar-refractivity contribution in [3.8, 4) is 0 Å². The van der Waals surface area contributed by atoms with E-state index in [4.69, 9.17) is 9.47 Å². The van der Waals surface area contributed by atoms with Crippen molar-refractivity contribution in [3.63, 3.8) is 0 Å². The molecule has 0 aromatic rings. The minimum Gasteiger partial charge on any atom is -0.381 e. The van der Waals surface area contributed by atoms with Crippen LogP contribution in [-0.4, -0.2) is 31.6 Å². The van der Waals surface area contributed by atoms with E-state index in [1.807, 2.05) is 0 Å². The van der Waals surface area contributed by atoms with E-state index in [2.05, 4.69) is 19.2 Å². The van der Waals surface area contributed by atoms with Crippen LogP contribution >= 0.6 is 0 Å². The fourth-order valence-corrected chi connectivity index (χ4v) is 3.80. The molecule has 3 rings (SSSR count). The number of nitrogens with one attached hydrogen (secondary N) is 1. The molecule has 1 atom stereocenters. The Balaban J connectivity index is 1.76. The largest absolute Gasteiger partial charge is 0.381 e. The zero-order valence-electron chi connectivity index (χ0n) is 11.1. The van der Waals surface area contributed by atoms with Gasteiger partial charge in [-0.15, -0.1) is 0 Å². The molecular formula is C14H25NO2. The van der Waals surface area contributed by atoms with Gasteiger partial charge >= 0.3 is 0 Å². The third kappa shape index (κ3) is 1.92. The molecule has 0 bridgehead atoms. The van der Waals surface area contributed by atoms with Gasteiger partial charge in [0.15, 0.2) is 0 Å². The summed E-state index contributed by atoms with van der Waals surface area (Å²) in [4.78, 5) is 0. The number of ether oxygens (including phenoxy) is 2. The van der Waals surface area contributed by atoms with E-state index in [0.717, 1.165) is 32.7 Å². The number of hydrogen-bond donors (Lipinski definition) is 1. The van der Waals surface area contributed by atoms with Crippen molar-refractivity contribution >= 4 is 0 Å². The monoisotopic (exact) mass is 239 g/mol. The summed E-state index contributed by atoms with van der Waals surface area (Å²) in [6.07, 6.45) is 6.08. The first kappa shape index (κ1) is 11.9. The van der Waals surface area contributed by atoms with Crippen LogP contribution in [0, 0.1) is 11.3 Å². The second-order valence-corrected chi connectivity index (χ2v) is 6.48. The van der Waals surface area contributed by atoms with Crippen molar-refractivity contribution in [2.45, 2.75) is 57.7 Å². The van der Waals surface area contributed by atoms with Gasteiger partial charge in [0.25, 0.3) is 0 Å². The van der Waals surface area contributed by atoms with E-state index in [0.29, 0.717) is 17.4 Å². The highest BCUT2D eigenvalue weighted by atomic mass is 16.5. The molecule has 0 aromatic heterocycles. The van der Waals surface area contributed by atoms with Gasteiger partial charge in [-0.3, -0.25) is 5.32 Å². The lowest BCUT2D eigenvalue weighted by molar-refractivity contribution is -0.221. The van der Waals surface area contributed by atoms with Crippen molar-refractivity contribution < 1.29 is 9.47 Å². The lowest BCUT2D eigenvalue weighted by Crippen LogP contribution is -2.69. The molecule has 2 heterocycles. The van der Waals surface area contributed by atoms with Gasteiger partial charge in [-0.25, -0.2) is 0 Å². The van der Waals surface area contributed by atoms with Crippen molar-refractivity contribution in [1.29, 1.82) is 0 Å². The third-order valence-electron chi connectivity index (χ3n) is 5.03. The standard InChI is InChI=1S/C14H25NO2/c1-11(2)12-13(4-3-5-13)10-17-14(15-12)6-8-16-9-7-14/h11-12,15H,3-10H2,1-2H3. The summed E-state index contributed by atoms with van der Waals surface area (Å²) in [7, 11) is 0. The van der Waals surface area contributed by atoms with Crippen molar-refractivity contribution in [3.05, 3.63) is 0 Å². The van der Waals surface area contributed by atoms with Crippen LogP contribution in [0.3, 0.4) is 0 Å². The zero-order chi connectivity index (χ0) is 11.9. The van der Waals surface area contributed by atoms with Gasteiger partial charge in [0.1, 0.15) is 5.72 Å². The highest BCUT2D eigenvalue weighted by molar-refractivity contribution is 5.04. The molecule has 1 N–H and O–H groups in total. The molecule has 2 aliphatic heterocycles. The van der Waals surface area contributed by atoms with Crippen LogP contribution in [0.1, 0.15) is 46.0 Å². The minimum atomic E-state index is -0.0754. The Kier molecular flexibility index (Phi) is 2.96. The Morgan fingerprint density at radius 3 is 2.35 bits per heavy atom. The molecule has 3 aliphatic rings. The summed E-state index contributed by atoms with van der Waals surface area (Å²) in [6, 6.07) is 0.628. The normalized spacial score (nSPS) is 35.1. The molecule has 0 aromatic carbocycles. The summed E-state index contributed by atoms with van der Waals surface area (Å²) in [5.74, 6) is 0.693. The Morgan fingerprint density at radius 2 is 1.82 bits per heavy atom. The topological polar surface area (TPSA) is 30.5 Å². The highest BCUT2D eigenvalue weighted by Crippen LogP contribution is 2.50. The molecule has 1 unspecified atom stereocenters. The Morgan fingerprint density at radius 1 is 1.12 bits per heavy atom. The summed E-state index contributed by atoms with van der Waals surface area (Å²) in [5.41, 5.74) is 0.367. The van der Waals surface area contributed by atoms with Crippen LogP contribution in [-0.2, 0) is 9.47 Å². The molecule has 3 heteroatoms. The average molecular weight is 239 g/mol. The smallest absolute Gasteiger partial charge is 0.123 e. The second-order valence-electron chi connectivity index (χ2n) is 6.48. The highest BCUT2D eigenvalue weighted by Gasteiger charge is 2.53. The maximum Gasteiger partial charge on any atom is 0.123 e. The van der Waals surface area contributed by atoms with Crippen LogP contribution in [0.4, 0.5) is 0 Å². The van der Waals surface area contributed by atoms with Gasteiger partial charge in [-0.2, -0.15) is 0 Å². The van der Waals surface area contributed by atoms with E-state index in [1.165, 1.54) is 19.3 Å². The molecule has 98 valence electrons. The molecule has 2 spiro atoms. The predicted octanol–water partition coefficient (Wildman–Crippen LogP) is 2.31. The molecule has 3 nitrogen and oxygen atoms in total. The fourth-order valence-electron chi connectivity index (χ4n) is 3.80. The van der Waals surface area contributed by atoms with E-state index in [9.17, 15) is 0 Å². The molecule has 2 saturated heterocycles. The Hall–Kier alpha value is -0.120. The van der Waals surface area contributed by atoms with Gasteiger partial charge in [-0.1, -0.05) is 20.3 Å². The van der Waals surface area contributed by atoms with Crippen LogP contribution in [0.5, 0.6) is 0 Å². The van der Waals surface area contributed by atoms with Crippen molar-refractivity contribution in [2.75, 3.05) is 19.8 Å². The van der Waals surface area contributed by atoms with Crippen LogP contribution in [0.2, 0.25) is 0 Å². The first-order valence-corrected chi connectivity index (χ1v) is 7.15. The molecule has 17 heavy (non-hydrogen) atoms. The number of hydrogen-bond acceptors (Lipinski definition) is 3. The van der Waals surface area contributed by atoms with Gasteiger partial charge < -0.3 is 9.47 Å². The molecular weight excluding hydrogens is 214 g/mol. The van der Waals surface area contributed by atoms with Crippen LogP contribution < -0.4 is 5.32 Å².